The monoisotopic (exact) mass is 232 g/mol. The minimum atomic E-state index is -1.12. The Morgan fingerprint density at radius 3 is 2.76 bits per heavy atom. The number of aromatic carboxylic acids is 1. The highest BCUT2D eigenvalue weighted by Gasteiger charge is 2.17. The average Bonchev–Trinajstić information content (AvgIpc) is 2.28. The Kier molecular flexibility index (Phi) is 2.82. The summed E-state index contributed by atoms with van der Waals surface area (Å²) in [6, 6.07) is 5.65. The zero-order valence-electron chi connectivity index (χ0n) is 9.01. The summed E-state index contributed by atoms with van der Waals surface area (Å²) < 4.78 is 13.1. The third-order valence-electron chi connectivity index (χ3n) is 2.35. The Bertz CT molecular complexity index is 584. The van der Waals surface area contributed by atoms with Crippen LogP contribution in [0.5, 0.6) is 0 Å². The van der Waals surface area contributed by atoms with Crippen molar-refractivity contribution in [2.75, 3.05) is 0 Å². The summed E-state index contributed by atoms with van der Waals surface area (Å²) >= 11 is 0. The zero-order chi connectivity index (χ0) is 12.4. The lowest BCUT2D eigenvalue weighted by Gasteiger charge is -2.06. The quantitative estimate of drug-likeness (QED) is 0.862. The van der Waals surface area contributed by atoms with E-state index in [-0.39, 0.29) is 11.3 Å². The molecule has 0 atom stereocenters. The average molecular weight is 232 g/mol. The van der Waals surface area contributed by atoms with Crippen molar-refractivity contribution in [3.63, 3.8) is 0 Å². The van der Waals surface area contributed by atoms with Crippen LogP contribution >= 0.6 is 0 Å². The van der Waals surface area contributed by atoms with Gasteiger partial charge in [-0.25, -0.2) is 19.2 Å². The van der Waals surface area contributed by atoms with Crippen molar-refractivity contribution in [3.05, 3.63) is 47.7 Å². The number of carbonyl (C=O) groups is 1. The van der Waals surface area contributed by atoms with Crippen molar-refractivity contribution >= 4 is 5.97 Å². The maximum atomic E-state index is 13.1. The molecule has 2 aromatic rings. The second kappa shape index (κ2) is 4.29. The molecule has 1 N–H and O–H groups in total. The van der Waals surface area contributed by atoms with Gasteiger partial charge in [-0.3, -0.25) is 0 Å². The third kappa shape index (κ3) is 2.13. The van der Waals surface area contributed by atoms with E-state index in [0.29, 0.717) is 11.3 Å². The highest BCUT2D eigenvalue weighted by molar-refractivity contribution is 5.95. The SMILES string of the molecule is Cc1ncnc(-c2cccc(F)c2)c1C(=O)O. The van der Waals surface area contributed by atoms with E-state index in [9.17, 15) is 9.18 Å². The summed E-state index contributed by atoms with van der Waals surface area (Å²) in [6.07, 6.45) is 1.27. The molecule has 5 heteroatoms. The maximum absolute atomic E-state index is 13.1. The van der Waals surface area contributed by atoms with E-state index in [1.807, 2.05) is 0 Å². The molecule has 1 heterocycles. The molecule has 0 aliphatic carbocycles. The van der Waals surface area contributed by atoms with Crippen LogP contribution in [0.1, 0.15) is 16.1 Å². The molecule has 0 amide bonds. The fourth-order valence-electron chi connectivity index (χ4n) is 1.58. The van der Waals surface area contributed by atoms with Crippen LogP contribution in [0.15, 0.2) is 30.6 Å². The number of aryl methyl sites for hydroxylation is 1. The minimum Gasteiger partial charge on any atom is -0.478 e. The van der Waals surface area contributed by atoms with Gasteiger partial charge in [-0.1, -0.05) is 12.1 Å². The molecule has 1 aromatic heterocycles. The molecule has 0 unspecified atom stereocenters. The number of halogens is 1. The van der Waals surface area contributed by atoms with Crippen LogP contribution in [0, 0.1) is 12.7 Å². The van der Waals surface area contributed by atoms with Gasteiger partial charge in [0.25, 0.3) is 0 Å². The molecule has 0 saturated carbocycles. The summed E-state index contributed by atoms with van der Waals surface area (Å²) in [6.45, 7) is 1.58. The normalized spacial score (nSPS) is 10.2. The Morgan fingerprint density at radius 2 is 2.12 bits per heavy atom. The Morgan fingerprint density at radius 1 is 1.35 bits per heavy atom. The second-order valence-electron chi connectivity index (χ2n) is 3.50. The molecule has 1 aromatic carbocycles. The highest BCUT2D eigenvalue weighted by atomic mass is 19.1. The molecular weight excluding hydrogens is 223 g/mol. The van der Waals surface area contributed by atoms with E-state index in [1.165, 1.54) is 24.5 Å². The van der Waals surface area contributed by atoms with Gasteiger partial charge in [-0.05, 0) is 19.1 Å². The lowest BCUT2D eigenvalue weighted by atomic mass is 10.0. The van der Waals surface area contributed by atoms with Gasteiger partial charge in [0.15, 0.2) is 0 Å². The summed E-state index contributed by atoms with van der Waals surface area (Å²) in [7, 11) is 0. The van der Waals surface area contributed by atoms with E-state index < -0.39 is 11.8 Å². The number of carboxylic acid groups (broad SMARTS) is 1. The summed E-state index contributed by atoms with van der Waals surface area (Å²) in [4.78, 5) is 18.9. The van der Waals surface area contributed by atoms with Crippen molar-refractivity contribution < 1.29 is 14.3 Å². The van der Waals surface area contributed by atoms with E-state index in [0.717, 1.165) is 0 Å². The van der Waals surface area contributed by atoms with Gasteiger partial charge in [-0.2, -0.15) is 0 Å². The summed E-state index contributed by atoms with van der Waals surface area (Å²) in [5.41, 5.74) is 1.00. The first-order valence-electron chi connectivity index (χ1n) is 4.90. The number of rotatable bonds is 2. The molecule has 2 rings (SSSR count). The van der Waals surface area contributed by atoms with Crippen molar-refractivity contribution in [3.8, 4) is 11.3 Å². The Labute approximate surface area is 96.8 Å². The first-order valence-corrected chi connectivity index (χ1v) is 4.90. The van der Waals surface area contributed by atoms with Gasteiger partial charge < -0.3 is 5.11 Å². The molecule has 0 spiro atoms. The van der Waals surface area contributed by atoms with Crippen molar-refractivity contribution in [2.45, 2.75) is 6.92 Å². The van der Waals surface area contributed by atoms with E-state index in [1.54, 1.807) is 13.0 Å². The summed E-state index contributed by atoms with van der Waals surface area (Å²) in [5, 5.41) is 9.10. The first-order chi connectivity index (χ1) is 8.09. The van der Waals surface area contributed by atoms with Crippen LogP contribution in [0.3, 0.4) is 0 Å². The van der Waals surface area contributed by atoms with Crippen LogP contribution in [0.4, 0.5) is 4.39 Å². The molecule has 4 nitrogen and oxygen atoms in total. The predicted molar refractivity (Wildman–Crippen MR) is 59.1 cm³/mol. The number of benzene rings is 1. The highest BCUT2D eigenvalue weighted by Crippen LogP contribution is 2.23. The molecular formula is C12H9FN2O2. The van der Waals surface area contributed by atoms with Gasteiger partial charge in [-0.15, -0.1) is 0 Å². The molecule has 0 fully saturated rings. The number of nitrogens with zero attached hydrogens (tertiary/aromatic N) is 2. The number of hydrogen-bond donors (Lipinski definition) is 1. The van der Waals surface area contributed by atoms with Crippen LogP contribution in [0.25, 0.3) is 11.3 Å². The van der Waals surface area contributed by atoms with Crippen LogP contribution in [0.2, 0.25) is 0 Å². The van der Waals surface area contributed by atoms with Gasteiger partial charge in [0.05, 0.1) is 11.4 Å². The minimum absolute atomic E-state index is 0.00176. The number of hydrogen-bond acceptors (Lipinski definition) is 3. The lowest BCUT2D eigenvalue weighted by molar-refractivity contribution is 0.0696. The molecule has 0 aliphatic rings. The van der Waals surface area contributed by atoms with Crippen molar-refractivity contribution in [1.82, 2.24) is 9.97 Å². The fraction of sp³-hybridized carbons (Fsp3) is 0.0833. The van der Waals surface area contributed by atoms with Crippen molar-refractivity contribution in [2.24, 2.45) is 0 Å². The molecule has 0 radical (unpaired) electrons. The smallest absolute Gasteiger partial charge is 0.339 e. The lowest BCUT2D eigenvalue weighted by Crippen LogP contribution is -2.06. The second-order valence-corrected chi connectivity index (χ2v) is 3.50. The zero-order valence-corrected chi connectivity index (χ0v) is 9.01. The largest absolute Gasteiger partial charge is 0.478 e. The van der Waals surface area contributed by atoms with E-state index in [2.05, 4.69) is 9.97 Å². The van der Waals surface area contributed by atoms with Crippen LogP contribution in [-0.2, 0) is 0 Å². The van der Waals surface area contributed by atoms with Crippen LogP contribution in [-0.4, -0.2) is 21.0 Å². The van der Waals surface area contributed by atoms with Crippen molar-refractivity contribution in [1.29, 1.82) is 0 Å². The summed E-state index contributed by atoms with van der Waals surface area (Å²) in [5.74, 6) is -1.56. The topological polar surface area (TPSA) is 63.1 Å². The molecule has 0 bridgehead atoms. The molecule has 0 aliphatic heterocycles. The maximum Gasteiger partial charge on any atom is 0.339 e. The molecule has 17 heavy (non-hydrogen) atoms. The van der Waals surface area contributed by atoms with Gasteiger partial charge in [0.2, 0.25) is 0 Å². The van der Waals surface area contributed by atoms with Gasteiger partial charge >= 0.3 is 5.97 Å². The standard InChI is InChI=1S/C12H9FN2O2/c1-7-10(12(16)17)11(15-6-14-7)8-3-2-4-9(13)5-8/h2-6H,1H3,(H,16,17). The first kappa shape index (κ1) is 11.2. The predicted octanol–water partition coefficient (Wildman–Crippen LogP) is 2.29. The third-order valence-corrected chi connectivity index (χ3v) is 2.35. The van der Waals surface area contributed by atoms with E-state index >= 15 is 0 Å². The van der Waals surface area contributed by atoms with Gasteiger partial charge in [0.1, 0.15) is 17.7 Å². The number of aromatic nitrogens is 2. The molecule has 86 valence electrons. The van der Waals surface area contributed by atoms with Gasteiger partial charge in [0, 0.05) is 5.56 Å². The van der Waals surface area contributed by atoms with Crippen LogP contribution < -0.4 is 0 Å². The Balaban J connectivity index is 2.67. The van der Waals surface area contributed by atoms with E-state index in [4.69, 9.17) is 5.11 Å². The fourth-order valence-corrected chi connectivity index (χ4v) is 1.58. The number of carboxylic acids is 1. The Hall–Kier alpha value is -2.30. The molecule has 0 saturated heterocycles.